The van der Waals surface area contributed by atoms with E-state index in [1.165, 1.54) is 0 Å². The van der Waals surface area contributed by atoms with Gasteiger partial charge in [-0.25, -0.2) is 0 Å². The van der Waals surface area contributed by atoms with Crippen LogP contribution in [-0.4, -0.2) is 32.3 Å². The highest BCUT2D eigenvalue weighted by atomic mass is 16.5. The average molecular weight is 280 g/mol. The van der Waals surface area contributed by atoms with Gasteiger partial charge >= 0.3 is 0 Å². The van der Waals surface area contributed by atoms with Gasteiger partial charge in [0.25, 0.3) is 5.91 Å². The molecule has 1 unspecified atom stereocenters. The Morgan fingerprint density at radius 3 is 2.65 bits per heavy atom. The maximum absolute atomic E-state index is 11.7. The highest BCUT2D eigenvalue weighted by molar-refractivity contribution is 5.77. The summed E-state index contributed by atoms with van der Waals surface area (Å²) in [4.78, 5) is 11.7. The first kappa shape index (κ1) is 16.5. The molecule has 1 rings (SSSR count). The number of benzene rings is 1. The van der Waals surface area contributed by atoms with Crippen LogP contribution in [0.3, 0.4) is 0 Å². The number of methoxy groups -OCH3 is 1. The zero-order valence-corrected chi connectivity index (χ0v) is 12.6. The quantitative estimate of drug-likeness (QED) is 0.794. The van der Waals surface area contributed by atoms with Crippen LogP contribution in [0, 0.1) is 6.92 Å². The van der Waals surface area contributed by atoms with Crippen molar-refractivity contribution in [3.05, 3.63) is 29.3 Å². The van der Waals surface area contributed by atoms with E-state index in [0.717, 1.165) is 11.1 Å². The van der Waals surface area contributed by atoms with Crippen molar-refractivity contribution < 1.29 is 14.3 Å². The fourth-order valence-electron chi connectivity index (χ4n) is 1.87. The van der Waals surface area contributed by atoms with Crippen molar-refractivity contribution in [1.82, 2.24) is 5.32 Å². The van der Waals surface area contributed by atoms with E-state index in [0.29, 0.717) is 12.4 Å². The molecule has 0 radical (unpaired) electrons. The van der Waals surface area contributed by atoms with E-state index < -0.39 is 0 Å². The van der Waals surface area contributed by atoms with E-state index in [9.17, 15) is 4.79 Å². The lowest BCUT2D eigenvalue weighted by Crippen LogP contribution is -2.38. The predicted molar refractivity (Wildman–Crippen MR) is 78.8 cm³/mol. The van der Waals surface area contributed by atoms with E-state index >= 15 is 0 Å². The highest BCUT2D eigenvalue weighted by Crippen LogP contribution is 2.21. The van der Waals surface area contributed by atoms with Gasteiger partial charge in [0.2, 0.25) is 0 Å². The van der Waals surface area contributed by atoms with Gasteiger partial charge in [0, 0.05) is 19.2 Å². The first-order chi connectivity index (χ1) is 9.43. The number of hydrogen-bond donors (Lipinski definition) is 2. The van der Waals surface area contributed by atoms with Gasteiger partial charge in [0.1, 0.15) is 5.75 Å². The molecule has 5 nitrogen and oxygen atoms in total. The maximum atomic E-state index is 11.7. The van der Waals surface area contributed by atoms with Crippen LogP contribution in [0.15, 0.2) is 18.2 Å². The molecular formula is C15H24N2O3. The molecule has 0 aliphatic rings. The van der Waals surface area contributed by atoms with Gasteiger partial charge in [-0.15, -0.1) is 0 Å². The lowest BCUT2D eigenvalue weighted by atomic mass is 10.1. The summed E-state index contributed by atoms with van der Waals surface area (Å²) in [5, 5.41) is 2.79. The molecule has 0 fully saturated rings. The van der Waals surface area contributed by atoms with Crippen LogP contribution in [0.25, 0.3) is 0 Å². The average Bonchev–Trinajstić information content (AvgIpc) is 2.37. The zero-order valence-electron chi connectivity index (χ0n) is 12.6. The van der Waals surface area contributed by atoms with Gasteiger partial charge in [-0.3, -0.25) is 4.79 Å². The molecule has 20 heavy (non-hydrogen) atoms. The summed E-state index contributed by atoms with van der Waals surface area (Å²) < 4.78 is 10.5. The molecule has 0 saturated carbocycles. The largest absolute Gasteiger partial charge is 0.484 e. The standard InChI is InChI=1S/C15H24N2O3/c1-10-7-13(12(3)16)5-6-14(10)20-9-15(18)17-11(2)8-19-4/h5-7,11-12H,8-9,16H2,1-4H3,(H,17,18)/t11?,12-/m0/s1. The number of carbonyl (C=O) groups is 1. The van der Waals surface area contributed by atoms with Crippen molar-refractivity contribution in [2.24, 2.45) is 5.73 Å². The Hall–Kier alpha value is -1.59. The Balaban J connectivity index is 2.51. The third-order valence-electron chi connectivity index (χ3n) is 2.91. The van der Waals surface area contributed by atoms with Crippen molar-refractivity contribution >= 4 is 5.91 Å². The molecule has 0 aliphatic heterocycles. The van der Waals surface area contributed by atoms with Gasteiger partial charge in [0.15, 0.2) is 6.61 Å². The number of aryl methyl sites for hydroxylation is 1. The number of hydrogen-bond acceptors (Lipinski definition) is 4. The molecule has 112 valence electrons. The van der Waals surface area contributed by atoms with Gasteiger partial charge in [-0.05, 0) is 38.0 Å². The van der Waals surface area contributed by atoms with Crippen molar-refractivity contribution in [3.63, 3.8) is 0 Å². The Morgan fingerprint density at radius 2 is 2.10 bits per heavy atom. The van der Waals surface area contributed by atoms with Crippen LogP contribution in [0.4, 0.5) is 0 Å². The Labute approximate surface area is 120 Å². The van der Waals surface area contributed by atoms with E-state index in [-0.39, 0.29) is 24.6 Å². The molecule has 1 aromatic rings. The molecule has 1 aromatic carbocycles. The number of carbonyl (C=O) groups excluding carboxylic acids is 1. The lowest BCUT2D eigenvalue weighted by Gasteiger charge is -2.15. The summed E-state index contributed by atoms with van der Waals surface area (Å²) in [6.07, 6.45) is 0. The summed E-state index contributed by atoms with van der Waals surface area (Å²) >= 11 is 0. The number of nitrogens with two attached hydrogens (primary N) is 1. The number of ether oxygens (including phenoxy) is 2. The summed E-state index contributed by atoms with van der Waals surface area (Å²) in [7, 11) is 1.60. The van der Waals surface area contributed by atoms with E-state index in [1.807, 2.05) is 39.0 Å². The van der Waals surface area contributed by atoms with Gasteiger partial charge in [-0.1, -0.05) is 12.1 Å². The SMILES string of the molecule is COCC(C)NC(=O)COc1ccc([C@H](C)N)cc1C. The highest BCUT2D eigenvalue weighted by Gasteiger charge is 2.09. The zero-order chi connectivity index (χ0) is 15.1. The van der Waals surface area contributed by atoms with Crippen molar-refractivity contribution in [2.45, 2.75) is 32.9 Å². The van der Waals surface area contributed by atoms with Crippen LogP contribution >= 0.6 is 0 Å². The molecule has 2 atom stereocenters. The second-order valence-corrected chi connectivity index (χ2v) is 5.03. The molecule has 0 bridgehead atoms. The van der Waals surface area contributed by atoms with Gasteiger partial charge < -0.3 is 20.5 Å². The fourth-order valence-corrected chi connectivity index (χ4v) is 1.87. The van der Waals surface area contributed by atoms with E-state index in [1.54, 1.807) is 7.11 Å². The van der Waals surface area contributed by atoms with Crippen LogP contribution in [0.2, 0.25) is 0 Å². The smallest absolute Gasteiger partial charge is 0.258 e. The molecule has 3 N–H and O–H groups in total. The number of amides is 1. The minimum atomic E-state index is -0.162. The Morgan fingerprint density at radius 1 is 1.40 bits per heavy atom. The van der Waals surface area contributed by atoms with Crippen molar-refractivity contribution in [1.29, 1.82) is 0 Å². The van der Waals surface area contributed by atoms with Gasteiger partial charge in [0.05, 0.1) is 6.61 Å². The normalized spacial score (nSPS) is 13.7. The maximum Gasteiger partial charge on any atom is 0.258 e. The molecule has 0 spiro atoms. The van der Waals surface area contributed by atoms with E-state index in [4.69, 9.17) is 15.2 Å². The van der Waals surface area contributed by atoms with Crippen LogP contribution in [0.1, 0.15) is 31.0 Å². The van der Waals surface area contributed by atoms with Crippen molar-refractivity contribution in [3.8, 4) is 5.75 Å². The first-order valence-electron chi connectivity index (χ1n) is 6.71. The first-order valence-corrected chi connectivity index (χ1v) is 6.71. The van der Waals surface area contributed by atoms with Crippen LogP contribution in [0.5, 0.6) is 5.75 Å². The Bertz CT molecular complexity index is 447. The summed E-state index contributed by atoms with van der Waals surface area (Å²) in [5.74, 6) is 0.536. The Kier molecular flexibility index (Phi) is 6.48. The number of nitrogens with one attached hydrogen (secondary N) is 1. The van der Waals surface area contributed by atoms with Crippen molar-refractivity contribution in [2.75, 3.05) is 20.3 Å². The van der Waals surface area contributed by atoms with Crippen LogP contribution in [-0.2, 0) is 9.53 Å². The molecule has 0 aromatic heterocycles. The molecule has 0 heterocycles. The van der Waals surface area contributed by atoms with E-state index in [2.05, 4.69) is 5.32 Å². The second kappa shape index (κ2) is 7.87. The summed E-state index contributed by atoms with van der Waals surface area (Å²) in [5.41, 5.74) is 7.84. The summed E-state index contributed by atoms with van der Waals surface area (Å²) in [6.45, 7) is 6.22. The van der Waals surface area contributed by atoms with Gasteiger partial charge in [-0.2, -0.15) is 0 Å². The third-order valence-corrected chi connectivity index (χ3v) is 2.91. The monoisotopic (exact) mass is 280 g/mol. The second-order valence-electron chi connectivity index (χ2n) is 5.03. The van der Waals surface area contributed by atoms with Crippen LogP contribution < -0.4 is 15.8 Å². The minimum absolute atomic E-state index is 0.00752. The molecule has 0 aliphatic carbocycles. The molecule has 5 heteroatoms. The molecular weight excluding hydrogens is 256 g/mol. The summed E-state index contributed by atoms with van der Waals surface area (Å²) in [6, 6.07) is 5.70. The lowest BCUT2D eigenvalue weighted by molar-refractivity contribution is -0.124. The third kappa shape index (κ3) is 5.19. The predicted octanol–water partition coefficient (Wildman–Crippen LogP) is 1.54. The minimum Gasteiger partial charge on any atom is -0.484 e. The number of rotatable bonds is 7. The topological polar surface area (TPSA) is 73.6 Å². The molecule has 0 saturated heterocycles. The fraction of sp³-hybridized carbons (Fsp3) is 0.533. The molecule has 1 amide bonds.